The zero-order chi connectivity index (χ0) is 26.3. The Morgan fingerprint density at radius 2 is 1.62 bits per heavy atom. The van der Waals surface area contributed by atoms with Gasteiger partial charge in [-0.1, -0.05) is 25.1 Å². The van der Waals surface area contributed by atoms with Crippen LogP contribution < -0.4 is 10.6 Å². The SMILES string of the molecule is CCC(C)(C)N(C(=O)CNC(=O)OC(C)(C)C)C(C(=O)NCC(=O)OC)c1cccc(C)c1C. The maximum atomic E-state index is 13.5. The minimum Gasteiger partial charge on any atom is -0.468 e. The van der Waals surface area contributed by atoms with Crippen LogP contribution in [0.5, 0.6) is 0 Å². The van der Waals surface area contributed by atoms with Crippen molar-refractivity contribution in [3.05, 3.63) is 34.9 Å². The summed E-state index contributed by atoms with van der Waals surface area (Å²) in [6, 6.07) is 4.49. The first kappa shape index (κ1) is 28.9. The number of carbonyl (C=O) groups is 4. The zero-order valence-electron chi connectivity index (χ0n) is 21.8. The van der Waals surface area contributed by atoms with Crippen molar-refractivity contribution in [1.29, 1.82) is 0 Å². The molecule has 9 heteroatoms. The summed E-state index contributed by atoms with van der Waals surface area (Å²) in [6.45, 7) is 13.9. The molecule has 0 bridgehead atoms. The predicted octanol–water partition coefficient (Wildman–Crippen LogP) is 3.18. The van der Waals surface area contributed by atoms with Crippen molar-refractivity contribution < 1.29 is 28.7 Å². The summed E-state index contributed by atoms with van der Waals surface area (Å²) < 4.78 is 9.87. The normalized spacial score (nSPS) is 12.4. The van der Waals surface area contributed by atoms with Gasteiger partial charge in [-0.2, -0.15) is 0 Å². The molecule has 0 spiro atoms. The first-order chi connectivity index (χ1) is 15.6. The van der Waals surface area contributed by atoms with Crippen molar-refractivity contribution in [1.82, 2.24) is 15.5 Å². The second-order valence-corrected chi connectivity index (χ2v) is 9.77. The van der Waals surface area contributed by atoms with Crippen LogP contribution in [0, 0.1) is 13.8 Å². The second kappa shape index (κ2) is 11.9. The lowest BCUT2D eigenvalue weighted by Gasteiger charge is -2.43. The number of nitrogens with one attached hydrogen (secondary N) is 2. The van der Waals surface area contributed by atoms with Gasteiger partial charge in [-0.05, 0) is 71.6 Å². The maximum absolute atomic E-state index is 13.5. The highest BCUT2D eigenvalue weighted by molar-refractivity contribution is 5.92. The van der Waals surface area contributed by atoms with Crippen LogP contribution in [0.3, 0.4) is 0 Å². The van der Waals surface area contributed by atoms with Gasteiger partial charge in [0.2, 0.25) is 11.8 Å². The van der Waals surface area contributed by atoms with Crippen LogP contribution in [0.15, 0.2) is 18.2 Å². The molecule has 0 radical (unpaired) electrons. The molecule has 190 valence electrons. The topological polar surface area (TPSA) is 114 Å². The summed E-state index contributed by atoms with van der Waals surface area (Å²) in [5.41, 5.74) is 0.970. The number of methoxy groups -OCH3 is 1. The fourth-order valence-corrected chi connectivity index (χ4v) is 3.34. The Kier molecular flexibility index (Phi) is 10.1. The van der Waals surface area contributed by atoms with Gasteiger partial charge in [-0.25, -0.2) is 4.79 Å². The van der Waals surface area contributed by atoms with Crippen LogP contribution in [-0.4, -0.2) is 60.1 Å². The molecule has 9 nitrogen and oxygen atoms in total. The minimum absolute atomic E-state index is 0.332. The molecule has 0 aromatic heterocycles. The lowest BCUT2D eigenvalue weighted by atomic mass is 9.90. The molecule has 2 N–H and O–H groups in total. The smallest absolute Gasteiger partial charge is 0.408 e. The third-order valence-corrected chi connectivity index (χ3v) is 5.65. The van der Waals surface area contributed by atoms with E-state index < -0.39 is 41.1 Å². The number of benzene rings is 1. The molecule has 0 saturated heterocycles. The number of esters is 1. The molecule has 1 rings (SSSR count). The van der Waals surface area contributed by atoms with Gasteiger partial charge >= 0.3 is 12.1 Å². The van der Waals surface area contributed by atoms with Gasteiger partial charge in [0, 0.05) is 5.54 Å². The van der Waals surface area contributed by atoms with Crippen LogP contribution >= 0.6 is 0 Å². The van der Waals surface area contributed by atoms with Gasteiger partial charge in [0.25, 0.3) is 0 Å². The highest BCUT2D eigenvalue weighted by Gasteiger charge is 2.40. The first-order valence-corrected chi connectivity index (χ1v) is 11.3. The molecule has 34 heavy (non-hydrogen) atoms. The van der Waals surface area contributed by atoms with Crippen LogP contribution in [0.4, 0.5) is 4.79 Å². The van der Waals surface area contributed by atoms with Gasteiger partial charge in [0.1, 0.15) is 24.7 Å². The molecule has 1 aromatic rings. The van der Waals surface area contributed by atoms with E-state index in [0.29, 0.717) is 12.0 Å². The van der Waals surface area contributed by atoms with E-state index in [1.165, 1.54) is 12.0 Å². The summed E-state index contributed by atoms with van der Waals surface area (Å²) >= 11 is 0. The number of ether oxygens (including phenoxy) is 2. The summed E-state index contributed by atoms with van der Waals surface area (Å²) in [4.78, 5) is 52.2. The fraction of sp³-hybridized carbons (Fsp3) is 0.600. The molecule has 0 fully saturated rings. The van der Waals surface area contributed by atoms with Crippen LogP contribution in [0.25, 0.3) is 0 Å². The number of aryl methyl sites for hydroxylation is 1. The van der Waals surface area contributed by atoms with Gasteiger partial charge in [-0.15, -0.1) is 0 Å². The van der Waals surface area contributed by atoms with Crippen LogP contribution in [0.1, 0.15) is 70.7 Å². The molecular weight excluding hydrogens is 438 g/mol. The molecule has 1 atom stereocenters. The number of amides is 3. The van der Waals surface area contributed by atoms with E-state index in [9.17, 15) is 19.2 Å². The Bertz CT molecular complexity index is 904. The fourth-order valence-electron chi connectivity index (χ4n) is 3.34. The Morgan fingerprint density at radius 1 is 1.00 bits per heavy atom. The number of nitrogens with zero attached hydrogens (tertiary/aromatic N) is 1. The van der Waals surface area contributed by atoms with Crippen molar-refractivity contribution in [2.45, 2.75) is 79.0 Å². The van der Waals surface area contributed by atoms with E-state index >= 15 is 0 Å². The molecule has 3 amide bonds. The van der Waals surface area contributed by atoms with Crippen molar-refractivity contribution in [2.75, 3.05) is 20.2 Å². The highest BCUT2D eigenvalue weighted by atomic mass is 16.6. The quantitative estimate of drug-likeness (QED) is 0.528. The number of hydrogen-bond acceptors (Lipinski definition) is 6. The Morgan fingerprint density at radius 3 is 2.15 bits per heavy atom. The lowest BCUT2D eigenvalue weighted by molar-refractivity contribution is -0.148. The van der Waals surface area contributed by atoms with Crippen LogP contribution in [-0.2, 0) is 23.9 Å². The standard InChI is InChI=1S/C25H39N3O6/c1-10-25(7,8)28(19(29)14-27-23(32)34-24(4,5)6)21(22(31)26-15-20(30)33-9)18-13-11-12-16(2)17(18)3/h11-13,21H,10,14-15H2,1-9H3,(H,26,31)(H,27,32). The molecular formula is C25H39N3O6. The number of hydrogen-bond donors (Lipinski definition) is 2. The van der Waals surface area contributed by atoms with E-state index in [1.807, 2.05) is 46.8 Å². The molecule has 0 heterocycles. The summed E-state index contributed by atoms with van der Waals surface area (Å²) in [6.07, 6.45) is -0.190. The maximum Gasteiger partial charge on any atom is 0.408 e. The average molecular weight is 478 g/mol. The van der Waals surface area contributed by atoms with E-state index in [1.54, 1.807) is 26.8 Å². The van der Waals surface area contributed by atoms with Crippen LogP contribution in [0.2, 0.25) is 0 Å². The minimum atomic E-state index is -1.03. The molecule has 0 aliphatic rings. The van der Waals surface area contributed by atoms with Crippen molar-refractivity contribution >= 4 is 23.9 Å². The zero-order valence-corrected chi connectivity index (χ0v) is 21.8. The van der Waals surface area contributed by atoms with E-state index in [-0.39, 0.29) is 13.1 Å². The van der Waals surface area contributed by atoms with Gasteiger partial charge in [0.15, 0.2) is 0 Å². The Hall–Kier alpha value is -3.10. The summed E-state index contributed by atoms with van der Waals surface area (Å²) in [7, 11) is 1.23. The van der Waals surface area contributed by atoms with Crippen molar-refractivity contribution in [2.24, 2.45) is 0 Å². The first-order valence-electron chi connectivity index (χ1n) is 11.3. The van der Waals surface area contributed by atoms with E-state index in [2.05, 4.69) is 15.4 Å². The Labute approximate surface area is 202 Å². The van der Waals surface area contributed by atoms with Crippen molar-refractivity contribution in [3.63, 3.8) is 0 Å². The van der Waals surface area contributed by atoms with Gasteiger partial charge < -0.3 is 25.0 Å². The highest BCUT2D eigenvalue weighted by Crippen LogP contribution is 2.33. The Balaban J connectivity index is 3.44. The van der Waals surface area contributed by atoms with Gasteiger partial charge in [0.05, 0.1) is 7.11 Å². The van der Waals surface area contributed by atoms with Crippen molar-refractivity contribution in [3.8, 4) is 0 Å². The largest absolute Gasteiger partial charge is 0.468 e. The third kappa shape index (κ3) is 8.04. The average Bonchev–Trinajstić information content (AvgIpc) is 2.74. The van der Waals surface area contributed by atoms with E-state index in [4.69, 9.17) is 4.74 Å². The predicted molar refractivity (Wildman–Crippen MR) is 129 cm³/mol. The molecule has 0 aliphatic carbocycles. The summed E-state index contributed by atoms with van der Waals surface area (Å²) in [5.74, 6) is -1.59. The molecule has 1 aromatic carbocycles. The lowest BCUT2D eigenvalue weighted by Crippen LogP contribution is -2.56. The number of alkyl carbamates (subject to hydrolysis) is 1. The van der Waals surface area contributed by atoms with E-state index in [0.717, 1.165) is 11.1 Å². The summed E-state index contributed by atoms with van der Waals surface area (Å²) in [5, 5.41) is 5.07. The number of rotatable bonds is 9. The second-order valence-electron chi connectivity index (χ2n) is 9.77. The van der Waals surface area contributed by atoms with Gasteiger partial charge in [-0.3, -0.25) is 14.4 Å². The molecule has 0 saturated carbocycles. The number of carbonyl (C=O) groups excluding carboxylic acids is 4. The molecule has 0 aliphatic heterocycles. The molecule has 1 unspecified atom stereocenters. The third-order valence-electron chi connectivity index (χ3n) is 5.65. The monoisotopic (exact) mass is 477 g/mol.